The fourth-order valence-corrected chi connectivity index (χ4v) is 2.32. The summed E-state index contributed by atoms with van der Waals surface area (Å²) in [7, 11) is 0. The molecule has 2 aromatic rings. The van der Waals surface area contributed by atoms with Crippen molar-refractivity contribution in [1.82, 2.24) is 9.97 Å². The molecular weight excluding hydrogens is 375 g/mol. The van der Waals surface area contributed by atoms with Crippen LogP contribution in [-0.2, 0) is 0 Å². The van der Waals surface area contributed by atoms with Gasteiger partial charge in [0.25, 0.3) is 0 Å². The number of nitrogens with zero attached hydrogens (tertiary/aromatic N) is 2. The van der Waals surface area contributed by atoms with Gasteiger partial charge < -0.3 is 5.32 Å². The van der Waals surface area contributed by atoms with E-state index in [-0.39, 0.29) is 22.4 Å². The van der Waals surface area contributed by atoms with Gasteiger partial charge >= 0.3 is 6.18 Å². The molecule has 1 heterocycles. The first kappa shape index (κ1) is 17.4. The molecule has 1 aromatic carbocycles. The second-order valence-corrected chi connectivity index (χ2v) is 5.35. The van der Waals surface area contributed by atoms with E-state index in [1.165, 1.54) is 0 Å². The van der Waals surface area contributed by atoms with Crippen molar-refractivity contribution in [2.75, 3.05) is 10.6 Å². The highest BCUT2D eigenvalue weighted by Gasteiger charge is 2.38. The SMILES string of the molecule is C=CC(Nc1nc2c(C(=O)CBr)cccc2nc1C)C(F)(F)F. The van der Waals surface area contributed by atoms with E-state index in [0.717, 1.165) is 6.08 Å². The summed E-state index contributed by atoms with van der Waals surface area (Å²) in [5.41, 5.74) is 1.31. The van der Waals surface area contributed by atoms with Crippen LogP contribution in [-0.4, -0.2) is 33.3 Å². The number of halogens is 4. The van der Waals surface area contributed by atoms with Gasteiger partial charge in [-0.05, 0) is 19.1 Å². The lowest BCUT2D eigenvalue weighted by Gasteiger charge is -2.19. The topological polar surface area (TPSA) is 54.9 Å². The van der Waals surface area contributed by atoms with E-state index in [4.69, 9.17) is 0 Å². The summed E-state index contributed by atoms with van der Waals surface area (Å²) in [6, 6.07) is 2.92. The van der Waals surface area contributed by atoms with Gasteiger partial charge in [-0.15, -0.1) is 6.58 Å². The molecule has 23 heavy (non-hydrogen) atoms. The van der Waals surface area contributed by atoms with Crippen LogP contribution in [0.3, 0.4) is 0 Å². The van der Waals surface area contributed by atoms with Crippen LogP contribution in [0.2, 0.25) is 0 Å². The molecule has 1 atom stereocenters. The van der Waals surface area contributed by atoms with Gasteiger partial charge in [-0.3, -0.25) is 4.79 Å². The molecule has 0 spiro atoms. The molecule has 1 aromatic heterocycles. The number of benzene rings is 1. The number of carbonyl (C=O) groups is 1. The Morgan fingerprint density at radius 1 is 1.43 bits per heavy atom. The third-order valence-electron chi connectivity index (χ3n) is 3.17. The second kappa shape index (κ2) is 6.66. The molecule has 0 fully saturated rings. The van der Waals surface area contributed by atoms with Gasteiger partial charge in [0.15, 0.2) is 5.78 Å². The highest BCUT2D eigenvalue weighted by Crippen LogP contribution is 2.26. The number of anilines is 1. The lowest BCUT2D eigenvalue weighted by Crippen LogP contribution is -2.34. The van der Waals surface area contributed by atoms with Gasteiger partial charge in [0.05, 0.1) is 16.5 Å². The Morgan fingerprint density at radius 2 is 2.13 bits per heavy atom. The molecule has 4 nitrogen and oxygen atoms in total. The maximum atomic E-state index is 12.9. The van der Waals surface area contributed by atoms with Crippen LogP contribution in [0.1, 0.15) is 16.1 Å². The molecule has 0 saturated carbocycles. The molecule has 0 radical (unpaired) electrons. The third-order valence-corrected chi connectivity index (χ3v) is 3.68. The monoisotopic (exact) mass is 387 g/mol. The minimum atomic E-state index is -4.50. The molecule has 0 aliphatic rings. The van der Waals surface area contributed by atoms with Crippen molar-refractivity contribution in [3.63, 3.8) is 0 Å². The first-order valence-corrected chi connectivity index (χ1v) is 7.72. The second-order valence-electron chi connectivity index (χ2n) is 4.79. The molecule has 0 aliphatic heterocycles. The van der Waals surface area contributed by atoms with Crippen LogP contribution in [0.4, 0.5) is 19.0 Å². The minimum Gasteiger partial charge on any atom is -0.354 e. The van der Waals surface area contributed by atoms with E-state index in [9.17, 15) is 18.0 Å². The molecule has 0 bridgehead atoms. The molecule has 1 N–H and O–H groups in total. The number of hydrogen-bond donors (Lipinski definition) is 1. The van der Waals surface area contributed by atoms with Crippen molar-refractivity contribution in [3.8, 4) is 0 Å². The Morgan fingerprint density at radius 3 is 2.70 bits per heavy atom. The Labute approximate surface area is 138 Å². The van der Waals surface area contributed by atoms with Gasteiger partial charge in [0.1, 0.15) is 17.4 Å². The average Bonchev–Trinajstić information content (AvgIpc) is 2.50. The Balaban J connectivity index is 2.55. The molecule has 122 valence electrons. The predicted octanol–water partition coefficient (Wildman–Crippen LogP) is 4.04. The average molecular weight is 388 g/mol. The summed E-state index contributed by atoms with van der Waals surface area (Å²) in [6.07, 6.45) is -3.75. The van der Waals surface area contributed by atoms with E-state index in [0.29, 0.717) is 16.8 Å². The number of carbonyl (C=O) groups excluding carboxylic acids is 1. The van der Waals surface area contributed by atoms with Crippen LogP contribution >= 0.6 is 15.9 Å². The quantitative estimate of drug-likeness (QED) is 0.477. The van der Waals surface area contributed by atoms with Gasteiger partial charge in [0.2, 0.25) is 0 Å². The van der Waals surface area contributed by atoms with Gasteiger partial charge in [-0.1, -0.05) is 28.1 Å². The number of Topliss-reactive ketones (excluding diaryl/α,β-unsaturated/α-hetero) is 1. The van der Waals surface area contributed by atoms with Crippen molar-refractivity contribution in [2.24, 2.45) is 0 Å². The van der Waals surface area contributed by atoms with Gasteiger partial charge in [-0.25, -0.2) is 9.97 Å². The molecule has 1 unspecified atom stereocenters. The first-order valence-electron chi connectivity index (χ1n) is 6.60. The standard InChI is InChI=1S/C15H13BrF3N3O/c1-3-12(15(17,18)19)21-14-8(2)20-10-6-4-5-9(11(23)7-16)13(10)22-14/h3-6,12H,1,7H2,2H3,(H,21,22). The van der Waals surface area contributed by atoms with E-state index < -0.39 is 12.2 Å². The number of aryl methyl sites for hydroxylation is 1. The summed E-state index contributed by atoms with van der Waals surface area (Å²) in [4.78, 5) is 20.3. The normalized spacial score (nSPS) is 12.9. The van der Waals surface area contributed by atoms with E-state index in [1.807, 2.05) is 0 Å². The Bertz CT molecular complexity index is 761. The van der Waals surface area contributed by atoms with Crippen molar-refractivity contribution >= 4 is 38.6 Å². The summed E-state index contributed by atoms with van der Waals surface area (Å²) >= 11 is 3.07. The van der Waals surface area contributed by atoms with Crippen molar-refractivity contribution in [3.05, 3.63) is 42.1 Å². The molecular formula is C15H13BrF3N3O. The third kappa shape index (κ3) is 3.69. The number of fused-ring (bicyclic) bond motifs is 1. The number of nitrogens with one attached hydrogen (secondary N) is 1. The summed E-state index contributed by atoms with van der Waals surface area (Å²) in [6.45, 7) is 4.73. The van der Waals surface area contributed by atoms with Crippen LogP contribution in [0.5, 0.6) is 0 Å². The van der Waals surface area contributed by atoms with Crippen LogP contribution in [0.15, 0.2) is 30.9 Å². The first-order chi connectivity index (χ1) is 10.8. The van der Waals surface area contributed by atoms with E-state index in [2.05, 4.69) is 37.8 Å². The summed E-state index contributed by atoms with van der Waals surface area (Å²) < 4.78 is 38.6. The lowest BCUT2D eigenvalue weighted by atomic mass is 10.1. The molecule has 8 heteroatoms. The number of alkyl halides is 4. The highest BCUT2D eigenvalue weighted by atomic mass is 79.9. The van der Waals surface area contributed by atoms with Gasteiger partial charge in [-0.2, -0.15) is 13.2 Å². The smallest absolute Gasteiger partial charge is 0.354 e. The zero-order chi connectivity index (χ0) is 17.2. The Hall–Kier alpha value is -1.96. The lowest BCUT2D eigenvalue weighted by molar-refractivity contribution is -0.132. The zero-order valence-corrected chi connectivity index (χ0v) is 13.7. The van der Waals surface area contributed by atoms with Crippen molar-refractivity contribution in [2.45, 2.75) is 19.1 Å². The molecule has 0 saturated heterocycles. The number of para-hydroxylation sites is 1. The predicted molar refractivity (Wildman–Crippen MR) is 86.1 cm³/mol. The fourth-order valence-electron chi connectivity index (χ4n) is 2.02. The molecule has 0 amide bonds. The highest BCUT2D eigenvalue weighted by molar-refractivity contribution is 9.09. The fraction of sp³-hybridized carbons (Fsp3) is 0.267. The number of ketones is 1. The number of hydrogen-bond acceptors (Lipinski definition) is 4. The van der Waals surface area contributed by atoms with Crippen molar-refractivity contribution < 1.29 is 18.0 Å². The summed E-state index contributed by atoms with van der Waals surface area (Å²) in [5, 5.41) is 2.36. The van der Waals surface area contributed by atoms with Gasteiger partial charge in [0, 0.05) is 5.56 Å². The van der Waals surface area contributed by atoms with Crippen LogP contribution in [0, 0.1) is 6.92 Å². The summed E-state index contributed by atoms with van der Waals surface area (Å²) in [5.74, 6) is -0.259. The van der Waals surface area contributed by atoms with Crippen molar-refractivity contribution in [1.29, 1.82) is 0 Å². The molecule has 2 rings (SSSR count). The van der Waals surface area contributed by atoms with Crippen LogP contribution in [0.25, 0.3) is 11.0 Å². The number of aromatic nitrogens is 2. The maximum Gasteiger partial charge on any atom is 0.412 e. The zero-order valence-electron chi connectivity index (χ0n) is 12.1. The number of rotatable bonds is 5. The largest absolute Gasteiger partial charge is 0.412 e. The maximum absolute atomic E-state index is 12.9. The van der Waals surface area contributed by atoms with Crippen LogP contribution < -0.4 is 5.32 Å². The Kier molecular flexibility index (Phi) is 5.03. The van der Waals surface area contributed by atoms with E-state index in [1.54, 1.807) is 25.1 Å². The molecule has 0 aliphatic carbocycles. The minimum absolute atomic E-state index is 0.0328. The van der Waals surface area contributed by atoms with E-state index >= 15 is 0 Å².